The normalized spacial score (nSPS) is 17.4. The molecule has 0 saturated carbocycles. The lowest BCUT2D eigenvalue weighted by molar-refractivity contribution is 0.490. The molecule has 0 fully saturated rings. The van der Waals surface area contributed by atoms with Crippen LogP contribution in [0.2, 0.25) is 0 Å². The summed E-state index contributed by atoms with van der Waals surface area (Å²) < 4.78 is 0. The largest absolute Gasteiger partial charge is 0.310 e. The van der Waals surface area contributed by atoms with E-state index in [4.69, 9.17) is 0 Å². The fourth-order valence-electron chi connectivity index (χ4n) is 2.15. The Hall–Kier alpha value is -2.56. The minimum absolute atomic E-state index is 0.672. The predicted octanol–water partition coefficient (Wildman–Crippen LogP) is 1.44. The van der Waals surface area contributed by atoms with Crippen molar-refractivity contribution in [2.24, 2.45) is 5.10 Å². The summed E-state index contributed by atoms with van der Waals surface area (Å²) in [5, 5.41) is 11.8. The minimum atomic E-state index is 0.672. The molecule has 5 nitrogen and oxygen atoms in total. The van der Waals surface area contributed by atoms with Crippen molar-refractivity contribution < 1.29 is 0 Å². The molecule has 1 aromatic heterocycles. The number of rotatable bonds is 1. The van der Waals surface area contributed by atoms with Crippen LogP contribution in [-0.4, -0.2) is 27.3 Å². The van der Waals surface area contributed by atoms with Gasteiger partial charge in [-0.1, -0.05) is 12.1 Å². The molecule has 0 atom stereocenters. The van der Waals surface area contributed by atoms with E-state index in [0.717, 1.165) is 16.7 Å². The van der Waals surface area contributed by atoms with Gasteiger partial charge in [-0.2, -0.15) is 15.0 Å². The third kappa shape index (κ3) is 1.27. The van der Waals surface area contributed by atoms with Crippen molar-refractivity contribution in [2.75, 3.05) is 11.8 Å². The molecule has 5 heteroatoms. The predicted molar refractivity (Wildman–Crippen MR) is 69.2 cm³/mol. The zero-order valence-electron chi connectivity index (χ0n) is 9.56. The molecule has 0 saturated heterocycles. The van der Waals surface area contributed by atoms with Gasteiger partial charge in [-0.25, -0.2) is 0 Å². The monoisotopic (exact) mass is 236 g/mol. The van der Waals surface area contributed by atoms with Crippen LogP contribution < -0.4 is 5.12 Å². The highest BCUT2D eigenvalue weighted by molar-refractivity contribution is 5.96. The van der Waals surface area contributed by atoms with Crippen molar-refractivity contribution in [1.29, 1.82) is 0 Å². The average molecular weight is 236 g/mol. The van der Waals surface area contributed by atoms with Crippen LogP contribution >= 0.6 is 0 Å². The van der Waals surface area contributed by atoms with Crippen molar-refractivity contribution in [3.8, 4) is 0 Å². The third-order valence-electron chi connectivity index (χ3n) is 3.03. The third-order valence-corrected chi connectivity index (χ3v) is 3.03. The second kappa shape index (κ2) is 3.46. The van der Waals surface area contributed by atoms with E-state index in [1.165, 1.54) is 0 Å². The molecule has 87 valence electrons. The molecule has 4 rings (SSSR count). The summed E-state index contributed by atoms with van der Waals surface area (Å²) in [4.78, 5) is 3.89. The number of amidine groups is 1. The summed E-state index contributed by atoms with van der Waals surface area (Å²) in [5.41, 5.74) is 1.03. The van der Waals surface area contributed by atoms with E-state index in [0.29, 0.717) is 6.67 Å². The number of aromatic nitrogens is 2. The molecule has 0 bridgehead atoms. The van der Waals surface area contributed by atoms with Gasteiger partial charge in [0.05, 0.1) is 11.7 Å². The molecule has 0 unspecified atom stereocenters. The van der Waals surface area contributed by atoms with E-state index in [1.54, 1.807) is 0 Å². The van der Waals surface area contributed by atoms with Crippen molar-refractivity contribution in [2.45, 2.75) is 0 Å². The number of hydrogen-bond donors (Lipinski definition) is 0. The number of benzene rings is 1. The SMILES string of the molecule is [c]1ccc2c(c1)cnn2N1CN2C=CC=CC2=N1. The highest BCUT2D eigenvalue weighted by Crippen LogP contribution is 2.17. The van der Waals surface area contributed by atoms with Gasteiger partial charge in [-0.05, 0) is 30.4 Å². The van der Waals surface area contributed by atoms with Gasteiger partial charge >= 0.3 is 0 Å². The fraction of sp³-hybridized carbons (Fsp3) is 0.0769. The zero-order valence-corrected chi connectivity index (χ0v) is 9.56. The lowest BCUT2D eigenvalue weighted by atomic mass is 10.3. The smallest absolute Gasteiger partial charge is 0.156 e. The van der Waals surface area contributed by atoms with Gasteiger partial charge in [-0.3, -0.25) is 0 Å². The molecule has 0 spiro atoms. The van der Waals surface area contributed by atoms with Crippen LogP contribution in [0.5, 0.6) is 0 Å². The number of allylic oxidation sites excluding steroid dienone is 2. The molecule has 18 heavy (non-hydrogen) atoms. The molecule has 0 N–H and O–H groups in total. The molecular weight excluding hydrogens is 226 g/mol. The molecule has 0 aliphatic carbocycles. The van der Waals surface area contributed by atoms with Crippen molar-refractivity contribution in [3.63, 3.8) is 0 Å². The second-order valence-electron chi connectivity index (χ2n) is 4.16. The first-order valence-electron chi connectivity index (χ1n) is 5.74. The Morgan fingerprint density at radius 2 is 2.28 bits per heavy atom. The van der Waals surface area contributed by atoms with Crippen molar-refractivity contribution in [3.05, 3.63) is 54.9 Å². The molecule has 2 aliphatic heterocycles. The fourth-order valence-corrected chi connectivity index (χ4v) is 2.15. The van der Waals surface area contributed by atoms with E-state index >= 15 is 0 Å². The Kier molecular flexibility index (Phi) is 1.82. The molecule has 1 aromatic carbocycles. The maximum atomic E-state index is 4.53. The Morgan fingerprint density at radius 1 is 1.28 bits per heavy atom. The summed E-state index contributed by atoms with van der Waals surface area (Å²) in [6, 6.07) is 8.85. The quantitative estimate of drug-likeness (QED) is 0.752. The standard InChI is InChI=1S/C13H10N5/c1-2-6-12-11(5-1)9-14-18(12)17-10-16-8-4-3-7-13(16)15-17/h2-9H,10H2. The van der Waals surface area contributed by atoms with Crippen LogP contribution in [-0.2, 0) is 0 Å². The minimum Gasteiger partial charge on any atom is -0.310 e. The van der Waals surface area contributed by atoms with Crippen LogP contribution in [0.1, 0.15) is 0 Å². The lowest BCUT2D eigenvalue weighted by Crippen LogP contribution is -2.33. The van der Waals surface area contributed by atoms with Crippen LogP contribution in [0.3, 0.4) is 0 Å². The van der Waals surface area contributed by atoms with Gasteiger partial charge in [0.25, 0.3) is 0 Å². The van der Waals surface area contributed by atoms with E-state index in [2.05, 4.69) is 21.2 Å². The summed E-state index contributed by atoms with van der Waals surface area (Å²) in [5.74, 6) is 0.934. The Morgan fingerprint density at radius 3 is 3.22 bits per heavy atom. The van der Waals surface area contributed by atoms with Gasteiger partial charge < -0.3 is 4.90 Å². The number of hydrogen-bond acceptors (Lipinski definition) is 4. The first-order valence-corrected chi connectivity index (χ1v) is 5.74. The molecule has 2 aliphatic rings. The van der Waals surface area contributed by atoms with Crippen LogP contribution in [0.4, 0.5) is 0 Å². The van der Waals surface area contributed by atoms with Gasteiger partial charge in [-0.15, -0.1) is 5.10 Å². The van der Waals surface area contributed by atoms with E-state index in [-0.39, 0.29) is 0 Å². The zero-order chi connectivity index (χ0) is 11.9. The van der Waals surface area contributed by atoms with Crippen LogP contribution in [0.15, 0.2) is 53.9 Å². The van der Waals surface area contributed by atoms with Crippen molar-refractivity contribution in [1.82, 2.24) is 14.8 Å². The van der Waals surface area contributed by atoms with Crippen LogP contribution in [0, 0.1) is 6.07 Å². The summed E-state index contributed by atoms with van der Waals surface area (Å²) in [6.45, 7) is 0.672. The van der Waals surface area contributed by atoms with Crippen LogP contribution in [0.25, 0.3) is 10.9 Å². The first-order chi connectivity index (χ1) is 8.92. The van der Waals surface area contributed by atoms with E-state index in [1.807, 2.05) is 58.7 Å². The topological polar surface area (TPSA) is 36.7 Å². The summed E-state index contributed by atoms with van der Waals surface area (Å²) in [7, 11) is 0. The number of fused-ring (bicyclic) bond motifs is 2. The Bertz CT molecular complexity index is 694. The highest BCUT2D eigenvalue weighted by Gasteiger charge is 2.22. The maximum Gasteiger partial charge on any atom is 0.156 e. The molecule has 1 radical (unpaired) electrons. The molecule has 3 heterocycles. The highest BCUT2D eigenvalue weighted by atomic mass is 15.8. The first kappa shape index (κ1) is 9.47. The lowest BCUT2D eigenvalue weighted by Gasteiger charge is -2.17. The number of hydrazone groups is 1. The maximum absolute atomic E-state index is 4.53. The summed E-state index contributed by atoms with van der Waals surface area (Å²) in [6.07, 6.45) is 9.81. The molecule has 0 amide bonds. The second-order valence-corrected chi connectivity index (χ2v) is 4.16. The Balaban J connectivity index is 1.79. The van der Waals surface area contributed by atoms with Gasteiger partial charge in [0, 0.05) is 11.6 Å². The summed E-state index contributed by atoms with van der Waals surface area (Å²) >= 11 is 0. The van der Waals surface area contributed by atoms with Gasteiger partial charge in [0.15, 0.2) is 5.84 Å². The van der Waals surface area contributed by atoms with E-state index < -0.39 is 0 Å². The average Bonchev–Trinajstić information content (AvgIpc) is 3.02. The van der Waals surface area contributed by atoms with Crippen molar-refractivity contribution >= 4 is 16.7 Å². The van der Waals surface area contributed by atoms with Gasteiger partial charge in [0.2, 0.25) is 0 Å². The molecule has 2 aromatic rings. The Labute approximate surface area is 104 Å². The number of nitrogens with zero attached hydrogens (tertiary/aromatic N) is 5. The van der Waals surface area contributed by atoms with E-state index in [9.17, 15) is 0 Å². The molecular formula is C13H10N5. The van der Waals surface area contributed by atoms with Gasteiger partial charge in [0.1, 0.15) is 6.67 Å².